The summed E-state index contributed by atoms with van der Waals surface area (Å²) >= 11 is 1.65. The van der Waals surface area contributed by atoms with Gasteiger partial charge in [0.2, 0.25) is 0 Å². The van der Waals surface area contributed by atoms with E-state index in [1.807, 2.05) is 53.6 Å². The molecule has 1 saturated heterocycles. The quantitative estimate of drug-likeness (QED) is 0.622. The largest absolute Gasteiger partial charge is 0.494 e. The van der Waals surface area contributed by atoms with Crippen molar-refractivity contribution < 1.29 is 9.53 Å². The first-order chi connectivity index (χ1) is 14.7. The number of rotatable bonds is 7. The summed E-state index contributed by atoms with van der Waals surface area (Å²) in [6.07, 6.45) is 0. The third-order valence-corrected chi connectivity index (χ3v) is 5.82. The summed E-state index contributed by atoms with van der Waals surface area (Å²) in [5.41, 5.74) is 0.894. The summed E-state index contributed by atoms with van der Waals surface area (Å²) in [5.74, 6) is 1.60. The number of benzene rings is 1. The number of nitrogens with zero attached hydrogens (tertiary/aromatic N) is 6. The molecule has 10 heteroatoms. The number of nitrogens with one attached hydrogen (secondary N) is 1. The molecule has 30 heavy (non-hydrogen) atoms. The number of hydrogen-bond donors (Lipinski definition) is 1. The van der Waals surface area contributed by atoms with Gasteiger partial charge in [-0.2, -0.15) is 4.68 Å². The second-order valence-electron chi connectivity index (χ2n) is 6.94. The molecule has 4 rings (SSSR count). The summed E-state index contributed by atoms with van der Waals surface area (Å²) in [7, 11) is 0. The van der Waals surface area contributed by atoms with Crippen LogP contribution in [0.2, 0.25) is 0 Å². The Morgan fingerprint density at radius 2 is 1.97 bits per heavy atom. The Bertz CT molecular complexity index is 934. The fraction of sp³-hybridized carbons (Fsp3) is 0.400. The zero-order valence-corrected chi connectivity index (χ0v) is 17.7. The van der Waals surface area contributed by atoms with Crippen LogP contribution in [0.3, 0.4) is 0 Å². The third-order valence-electron chi connectivity index (χ3n) is 4.94. The van der Waals surface area contributed by atoms with Crippen molar-refractivity contribution in [1.82, 2.24) is 35.3 Å². The first-order valence-electron chi connectivity index (χ1n) is 10.0. The maximum atomic E-state index is 12.4. The van der Waals surface area contributed by atoms with Crippen molar-refractivity contribution in [1.29, 1.82) is 0 Å². The predicted octanol–water partition coefficient (Wildman–Crippen LogP) is 2.15. The number of aromatic nitrogens is 4. The average molecular weight is 428 g/mol. The van der Waals surface area contributed by atoms with E-state index in [1.165, 1.54) is 0 Å². The van der Waals surface area contributed by atoms with Gasteiger partial charge in [0.25, 0.3) is 0 Å². The van der Waals surface area contributed by atoms with Crippen LogP contribution in [-0.4, -0.2) is 68.8 Å². The molecule has 0 spiro atoms. The number of amides is 2. The lowest BCUT2D eigenvalue weighted by Crippen LogP contribution is -2.51. The van der Waals surface area contributed by atoms with E-state index in [4.69, 9.17) is 4.74 Å². The normalized spacial score (nSPS) is 14.6. The molecule has 2 amide bonds. The van der Waals surface area contributed by atoms with Crippen molar-refractivity contribution in [2.24, 2.45) is 0 Å². The highest BCUT2D eigenvalue weighted by atomic mass is 32.1. The van der Waals surface area contributed by atoms with Crippen molar-refractivity contribution in [3.63, 3.8) is 0 Å². The lowest BCUT2D eigenvalue weighted by molar-refractivity contribution is 0.133. The molecule has 0 saturated carbocycles. The van der Waals surface area contributed by atoms with E-state index in [0.29, 0.717) is 32.8 Å². The number of hydrogen-bond acceptors (Lipinski definition) is 7. The molecule has 0 aliphatic carbocycles. The molecule has 1 N–H and O–H groups in total. The summed E-state index contributed by atoms with van der Waals surface area (Å²) in [6, 6.07) is 11.7. The van der Waals surface area contributed by atoms with Gasteiger partial charge in [0.05, 0.1) is 25.4 Å². The molecule has 2 aromatic heterocycles. The maximum Gasteiger partial charge on any atom is 0.317 e. The minimum Gasteiger partial charge on any atom is -0.494 e. The van der Waals surface area contributed by atoms with Gasteiger partial charge in [-0.1, -0.05) is 6.07 Å². The van der Waals surface area contributed by atoms with Crippen molar-refractivity contribution >= 4 is 17.4 Å². The van der Waals surface area contributed by atoms with E-state index in [9.17, 15) is 4.79 Å². The van der Waals surface area contributed by atoms with Gasteiger partial charge in [-0.25, -0.2) is 4.79 Å². The number of carbonyl (C=O) groups is 1. The van der Waals surface area contributed by atoms with Crippen LogP contribution in [-0.2, 0) is 13.1 Å². The topological polar surface area (TPSA) is 88.4 Å². The Hall–Kier alpha value is -2.98. The number of urea groups is 1. The number of tetrazole rings is 1. The van der Waals surface area contributed by atoms with E-state index >= 15 is 0 Å². The number of carbonyl (C=O) groups excluding carboxylic acids is 1. The Kier molecular flexibility index (Phi) is 6.55. The van der Waals surface area contributed by atoms with E-state index in [0.717, 1.165) is 35.2 Å². The third kappa shape index (κ3) is 4.95. The van der Waals surface area contributed by atoms with Gasteiger partial charge in [0.15, 0.2) is 5.82 Å². The molecule has 3 aromatic rings. The highest BCUT2D eigenvalue weighted by Crippen LogP contribution is 2.16. The fourth-order valence-electron chi connectivity index (χ4n) is 3.35. The minimum atomic E-state index is -0.0118. The van der Waals surface area contributed by atoms with Gasteiger partial charge in [0.1, 0.15) is 5.75 Å². The zero-order valence-electron chi connectivity index (χ0n) is 16.9. The van der Waals surface area contributed by atoms with Crippen LogP contribution in [0, 0.1) is 0 Å². The van der Waals surface area contributed by atoms with Crippen molar-refractivity contribution in [2.45, 2.75) is 20.0 Å². The summed E-state index contributed by atoms with van der Waals surface area (Å²) in [6.45, 7) is 6.72. The van der Waals surface area contributed by atoms with Crippen LogP contribution in [0.4, 0.5) is 4.79 Å². The monoisotopic (exact) mass is 427 g/mol. The van der Waals surface area contributed by atoms with Crippen molar-refractivity contribution in [3.8, 4) is 11.4 Å². The molecular formula is C20H25N7O2S. The fourth-order valence-corrected chi connectivity index (χ4v) is 4.00. The van der Waals surface area contributed by atoms with E-state index in [-0.39, 0.29) is 6.03 Å². The second kappa shape index (κ2) is 9.68. The van der Waals surface area contributed by atoms with Crippen LogP contribution in [0.15, 0.2) is 41.8 Å². The average Bonchev–Trinajstić information content (AvgIpc) is 3.46. The van der Waals surface area contributed by atoms with Gasteiger partial charge < -0.3 is 15.0 Å². The summed E-state index contributed by atoms with van der Waals surface area (Å²) < 4.78 is 7.24. The molecule has 1 fully saturated rings. The van der Waals surface area contributed by atoms with Crippen molar-refractivity contribution in [3.05, 3.63) is 52.5 Å². The Morgan fingerprint density at radius 1 is 1.17 bits per heavy atom. The molecule has 1 aromatic carbocycles. The second-order valence-corrected chi connectivity index (χ2v) is 7.97. The van der Waals surface area contributed by atoms with Gasteiger partial charge in [-0.3, -0.25) is 4.90 Å². The molecule has 9 nitrogen and oxygen atoms in total. The predicted molar refractivity (Wildman–Crippen MR) is 114 cm³/mol. The molecular weight excluding hydrogens is 402 g/mol. The van der Waals surface area contributed by atoms with Gasteiger partial charge >= 0.3 is 6.03 Å². The van der Waals surface area contributed by atoms with Crippen LogP contribution in [0.1, 0.15) is 17.6 Å². The maximum absolute atomic E-state index is 12.4. The van der Waals surface area contributed by atoms with Gasteiger partial charge in [0, 0.05) is 31.1 Å². The van der Waals surface area contributed by atoms with Crippen molar-refractivity contribution in [2.75, 3.05) is 32.8 Å². The standard InChI is InChI=1S/C20H25N7O2S/c1-2-29-17-7-5-16(6-8-17)27-19(22-23-24-27)15-25-9-11-26(12-10-25)20(28)21-14-18-4-3-13-30-18/h3-8,13H,2,9-12,14-15H2,1H3,(H,21,28). The van der Waals surface area contributed by atoms with E-state index in [2.05, 4.69) is 25.7 Å². The zero-order chi connectivity index (χ0) is 20.8. The molecule has 158 valence electrons. The van der Waals surface area contributed by atoms with E-state index < -0.39 is 0 Å². The smallest absolute Gasteiger partial charge is 0.317 e. The number of thiophene rings is 1. The van der Waals surface area contributed by atoms with Gasteiger partial charge in [-0.05, 0) is 53.1 Å². The SMILES string of the molecule is CCOc1ccc(-n2nnnc2CN2CCN(C(=O)NCc3cccs3)CC2)cc1. The molecule has 3 heterocycles. The molecule has 0 unspecified atom stereocenters. The summed E-state index contributed by atoms with van der Waals surface area (Å²) in [5, 5.41) is 17.2. The highest BCUT2D eigenvalue weighted by molar-refractivity contribution is 7.09. The first-order valence-corrected chi connectivity index (χ1v) is 10.9. The lowest BCUT2D eigenvalue weighted by atomic mass is 10.3. The van der Waals surface area contributed by atoms with Gasteiger partial charge in [-0.15, -0.1) is 16.4 Å². The number of piperazine rings is 1. The lowest BCUT2D eigenvalue weighted by Gasteiger charge is -2.34. The summed E-state index contributed by atoms with van der Waals surface area (Å²) in [4.78, 5) is 17.7. The number of ether oxygens (including phenoxy) is 1. The van der Waals surface area contributed by atoms with Crippen LogP contribution < -0.4 is 10.1 Å². The van der Waals surface area contributed by atoms with Crippen LogP contribution in [0.5, 0.6) is 5.75 Å². The molecule has 0 radical (unpaired) electrons. The molecule has 0 atom stereocenters. The minimum absolute atomic E-state index is 0.0118. The van der Waals surface area contributed by atoms with Crippen LogP contribution in [0.25, 0.3) is 5.69 Å². The highest BCUT2D eigenvalue weighted by Gasteiger charge is 2.22. The molecule has 1 aliphatic rings. The first kappa shape index (κ1) is 20.3. The van der Waals surface area contributed by atoms with Crippen LogP contribution >= 0.6 is 11.3 Å². The molecule has 0 bridgehead atoms. The Balaban J connectivity index is 1.29. The van der Waals surface area contributed by atoms with E-state index in [1.54, 1.807) is 16.0 Å². The molecule has 1 aliphatic heterocycles. The Labute approximate surface area is 179 Å². The Morgan fingerprint density at radius 3 is 2.67 bits per heavy atom.